The predicted molar refractivity (Wildman–Crippen MR) is 55.7 cm³/mol. The Hall–Kier alpha value is -1.43. The van der Waals surface area contributed by atoms with Crippen LogP contribution in [0.5, 0.6) is 0 Å². The Balaban J connectivity index is 2.62. The number of carbonyl (C=O) groups excluding carboxylic acids is 1. The molecule has 1 unspecified atom stereocenters. The van der Waals surface area contributed by atoms with E-state index in [9.17, 15) is 13.4 Å². The monoisotopic (exact) mass is 228 g/mol. The van der Waals surface area contributed by atoms with Crippen molar-refractivity contribution < 1.29 is 23.2 Å². The van der Waals surface area contributed by atoms with Crippen molar-refractivity contribution in [2.45, 2.75) is 19.4 Å². The second-order valence-corrected chi connectivity index (χ2v) is 3.32. The quantitative estimate of drug-likeness (QED) is 0.452. The highest BCUT2D eigenvalue weighted by Crippen LogP contribution is 2.13. The number of ketones is 1. The first kappa shape index (κ1) is 12.6. The largest absolute Gasteiger partial charge is 0.796 e. The molecular weight excluding hydrogens is 217 g/mol. The summed E-state index contributed by atoms with van der Waals surface area (Å²) in [5.74, 6) is -0.554. The summed E-state index contributed by atoms with van der Waals surface area (Å²) in [6, 6.07) is 0. The molecule has 1 atom stereocenters. The Morgan fingerprint density at radius 3 is 2.88 bits per heavy atom. The molecule has 1 rings (SSSR count). The molecule has 3 nitrogen and oxygen atoms in total. The maximum absolute atomic E-state index is 11.8. The van der Waals surface area contributed by atoms with Gasteiger partial charge in [0.1, 0.15) is 0 Å². The first-order valence-electron chi connectivity index (χ1n) is 4.73. The van der Waals surface area contributed by atoms with Crippen molar-refractivity contribution in [2.24, 2.45) is 0 Å². The molecule has 0 amide bonds. The molecule has 0 aromatic carbocycles. The van der Waals surface area contributed by atoms with Gasteiger partial charge in [-0.15, -0.1) is 0 Å². The summed E-state index contributed by atoms with van der Waals surface area (Å²) in [4.78, 5) is 11.5. The highest BCUT2D eigenvalue weighted by molar-refractivity contribution is 6.34. The fourth-order valence-electron chi connectivity index (χ4n) is 1.23. The van der Waals surface area contributed by atoms with Crippen molar-refractivity contribution in [3.63, 3.8) is 0 Å². The summed E-state index contributed by atoms with van der Waals surface area (Å²) >= 11 is 0. The van der Waals surface area contributed by atoms with Crippen molar-refractivity contribution in [3.8, 4) is 0 Å². The Kier molecular flexibility index (Phi) is 4.43. The van der Waals surface area contributed by atoms with E-state index in [2.05, 4.69) is 4.65 Å². The van der Waals surface area contributed by atoms with Gasteiger partial charge in [-0.1, -0.05) is 18.2 Å². The van der Waals surface area contributed by atoms with Gasteiger partial charge in [-0.25, -0.2) is 8.63 Å². The van der Waals surface area contributed by atoms with Crippen molar-refractivity contribution in [2.75, 3.05) is 0 Å². The van der Waals surface area contributed by atoms with Crippen molar-refractivity contribution in [1.82, 2.24) is 0 Å². The van der Waals surface area contributed by atoms with Crippen LogP contribution in [0.15, 0.2) is 35.6 Å². The average Bonchev–Trinajstić information content (AvgIpc) is 2.16. The minimum atomic E-state index is -2.93. The highest BCUT2D eigenvalue weighted by Gasteiger charge is 2.18. The lowest BCUT2D eigenvalue weighted by Gasteiger charge is -2.09. The van der Waals surface area contributed by atoms with E-state index < -0.39 is 19.4 Å². The summed E-state index contributed by atoms with van der Waals surface area (Å²) in [5.41, 5.74) is 0.363. The zero-order valence-electron chi connectivity index (χ0n) is 8.69. The number of allylic oxidation sites excluding steroid dienone is 4. The molecule has 0 aromatic rings. The second kappa shape index (κ2) is 5.60. The Bertz CT molecular complexity index is 361. The summed E-state index contributed by atoms with van der Waals surface area (Å²) in [7, 11) is -2.93. The molecule has 1 aliphatic rings. The summed E-state index contributed by atoms with van der Waals surface area (Å²) in [6.07, 6.45) is 5.26. The van der Waals surface area contributed by atoms with Gasteiger partial charge in [0.05, 0.1) is 11.9 Å². The fourth-order valence-corrected chi connectivity index (χ4v) is 1.23. The molecule has 0 fully saturated rings. The van der Waals surface area contributed by atoms with E-state index in [4.69, 9.17) is 5.11 Å². The van der Waals surface area contributed by atoms with E-state index in [1.54, 1.807) is 6.08 Å². The third-order valence-corrected chi connectivity index (χ3v) is 1.97. The van der Waals surface area contributed by atoms with E-state index in [1.807, 2.05) is 0 Å². The van der Waals surface area contributed by atoms with E-state index in [-0.39, 0.29) is 5.76 Å². The molecule has 0 aliphatic heterocycles. The van der Waals surface area contributed by atoms with E-state index in [0.717, 1.165) is 6.08 Å². The summed E-state index contributed by atoms with van der Waals surface area (Å²) in [6.45, 7) is 1.28. The lowest BCUT2D eigenvalue weighted by Crippen LogP contribution is -2.09. The Labute approximate surface area is 92.3 Å². The van der Waals surface area contributed by atoms with Crippen LogP contribution < -0.4 is 0 Å². The number of aliphatic hydroxyl groups is 1. The number of hydrogen-bond acceptors (Lipinski definition) is 3. The van der Waals surface area contributed by atoms with Crippen LogP contribution in [-0.2, 0) is 9.45 Å². The lowest BCUT2D eigenvalue weighted by molar-refractivity contribution is -0.111. The van der Waals surface area contributed by atoms with Gasteiger partial charge in [0.2, 0.25) is 0 Å². The molecule has 0 saturated carbocycles. The van der Waals surface area contributed by atoms with Crippen LogP contribution in [0.25, 0.3) is 0 Å². The highest BCUT2D eigenvalue weighted by atomic mass is 19.2. The van der Waals surface area contributed by atoms with Gasteiger partial charge in [0, 0.05) is 11.6 Å². The SMILES string of the molecule is C/C(=C/C(=O)C1=CCC(O)C=C1)OB(F)F. The van der Waals surface area contributed by atoms with E-state index in [1.165, 1.54) is 19.1 Å². The van der Waals surface area contributed by atoms with Crippen LogP contribution in [0.3, 0.4) is 0 Å². The number of carbonyl (C=O) groups is 1. The maximum atomic E-state index is 11.8. The molecule has 0 aromatic heterocycles. The minimum absolute atomic E-state index is 0.138. The topological polar surface area (TPSA) is 46.5 Å². The summed E-state index contributed by atoms with van der Waals surface area (Å²) in [5, 5.41) is 9.13. The van der Waals surface area contributed by atoms with Gasteiger partial charge < -0.3 is 9.76 Å². The van der Waals surface area contributed by atoms with Crippen LogP contribution >= 0.6 is 0 Å². The number of rotatable bonds is 4. The standard InChI is InChI=1S/C10H11BF2O3/c1-7(16-11(12)13)6-10(15)8-2-4-9(14)5-3-8/h2-4,6,9,14H,5H2,1H3/b7-6-. The normalized spacial score (nSPS) is 20.4. The Morgan fingerprint density at radius 2 is 2.38 bits per heavy atom. The number of hydrogen-bond donors (Lipinski definition) is 1. The first-order chi connectivity index (χ1) is 7.49. The average molecular weight is 228 g/mol. The van der Waals surface area contributed by atoms with E-state index in [0.29, 0.717) is 12.0 Å². The molecule has 1 N–H and O–H groups in total. The molecule has 0 spiro atoms. The third kappa shape index (κ3) is 3.98. The predicted octanol–water partition coefficient (Wildman–Crippen LogP) is 1.65. The van der Waals surface area contributed by atoms with Crippen LogP contribution in [0.4, 0.5) is 8.63 Å². The fraction of sp³-hybridized carbons (Fsp3) is 0.300. The Morgan fingerprint density at radius 1 is 1.69 bits per heavy atom. The van der Waals surface area contributed by atoms with Crippen LogP contribution in [0.2, 0.25) is 0 Å². The van der Waals surface area contributed by atoms with E-state index >= 15 is 0 Å². The zero-order valence-corrected chi connectivity index (χ0v) is 8.69. The lowest BCUT2D eigenvalue weighted by atomic mass is 10.0. The first-order valence-corrected chi connectivity index (χ1v) is 4.73. The molecule has 0 saturated heterocycles. The van der Waals surface area contributed by atoms with Gasteiger partial charge in [-0.2, -0.15) is 0 Å². The van der Waals surface area contributed by atoms with Gasteiger partial charge >= 0.3 is 7.47 Å². The maximum Gasteiger partial charge on any atom is 0.796 e. The molecule has 6 heteroatoms. The molecule has 0 bridgehead atoms. The van der Waals surface area contributed by atoms with Crippen LogP contribution in [0, 0.1) is 0 Å². The van der Waals surface area contributed by atoms with Crippen molar-refractivity contribution in [1.29, 1.82) is 0 Å². The summed E-state index contributed by atoms with van der Waals surface area (Å²) < 4.78 is 27.6. The molecule has 16 heavy (non-hydrogen) atoms. The number of aliphatic hydroxyl groups excluding tert-OH is 1. The smallest absolute Gasteiger partial charge is 0.509 e. The van der Waals surface area contributed by atoms with Gasteiger partial charge in [-0.3, -0.25) is 4.79 Å². The third-order valence-electron chi connectivity index (χ3n) is 1.97. The molecular formula is C10H11BF2O3. The zero-order chi connectivity index (χ0) is 12.1. The van der Waals surface area contributed by atoms with Crippen LogP contribution in [-0.4, -0.2) is 24.5 Å². The van der Waals surface area contributed by atoms with Gasteiger partial charge in [0.25, 0.3) is 0 Å². The minimum Gasteiger partial charge on any atom is -0.509 e. The van der Waals surface area contributed by atoms with Crippen molar-refractivity contribution >= 4 is 13.3 Å². The molecule has 0 heterocycles. The van der Waals surface area contributed by atoms with Gasteiger partial charge in [0.15, 0.2) is 5.78 Å². The molecule has 86 valence electrons. The number of halogens is 2. The molecule has 1 aliphatic carbocycles. The van der Waals surface area contributed by atoms with Crippen molar-refractivity contribution in [3.05, 3.63) is 35.6 Å². The van der Waals surface area contributed by atoms with Crippen LogP contribution in [0.1, 0.15) is 13.3 Å². The van der Waals surface area contributed by atoms with Gasteiger partial charge in [-0.05, 0) is 13.3 Å². The second-order valence-electron chi connectivity index (χ2n) is 3.32. The molecule has 0 radical (unpaired) electrons.